The number of nitrogens with two attached hydrogens (primary N) is 1. The van der Waals surface area contributed by atoms with Crippen LogP contribution in [0.5, 0.6) is 0 Å². The Morgan fingerprint density at radius 1 is 1.33 bits per heavy atom. The molecule has 0 rings (SSSR count). The third-order valence-electron chi connectivity index (χ3n) is 2.40. The molecule has 0 saturated heterocycles. The molecule has 1 amide bonds. The zero-order chi connectivity index (χ0) is 14.3. The molecule has 0 heterocycles. The van der Waals surface area contributed by atoms with Gasteiger partial charge in [0.2, 0.25) is 5.91 Å². The molecule has 0 aromatic carbocycles. The van der Waals surface area contributed by atoms with Crippen LogP contribution >= 0.6 is 0 Å². The van der Waals surface area contributed by atoms with E-state index in [1.165, 1.54) is 13.8 Å². The van der Waals surface area contributed by atoms with E-state index in [1.54, 1.807) is 6.92 Å². The average Bonchev–Trinajstić information content (AvgIpc) is 2.27. The highest BCUT2D eigenvalue weighted by Gasteiger charge is 2.29. The Hall–Kier alpha value is -1.47. The van der Waals surface area contributed by atoms with Crippen LogP contribution in [0.15, 0.2) is 0 Å². The summed E-state index contributed by atoms with van der Waals surface area (Å²) in [6, 6.07) is -0.216. The molecule has 7 heteroatoms. The number of ether oxygens (including phenoxy) is 1. The average molecular weight is 260 g/mol. The van der Waals surface area contributed by atoms with Gasteiger partial charge in [-0.3, -0.25) is 9.59 Å². The van der Waals surface area contributed by atoms with Gasteiger partial charge in [-0.25, -0.2) is 4.79 Å². The third-order valence-corrected chi connectivity index (χ3v) is 2.40. The quantitative estimate of drug-likeness (QED) is 0.523. The highest BCUT2D eigenvalue weighted by atomic mass is 16.5. The standard InChI is InChI=1S/C11H20N2O5/c1-6(4-12)13-11(17)7(2)10(8(3)14)18-5-9(15)16/h6-7,10H,4-5,12H2,1-3H3,(H,13,17)(H,15,16). The zero-order valence-electron chi connectivity index (χ0n) is 10.8. The van der Waals surface area contributed by atoms with Gasteiger partial charge in [0, 0.05) is 12.6 Å². The molecule has 0 aliphatic rings. The van der Waals surface area contributed by atoms with Crippen LogP contribution in [0, 0.1) is 5.92 Å². The molecule has 0 spiro atoms. The largest absolute Gasteiger partial charge is 0.480 e. The van der Waals surface area contributed by atoms with Crippen molar-refractivity contribution in [3.63, 3.8) is 0 Å². The molecule has 104 valence electrons. The number of hydrogen-bond acceptors (Lipinski definition) is 5. The first-order valence-electron chi connectivity index (χ1n) is 5.63. The Kier molecular flexibility index (Phi) is 7.14. The van der Waals surface area contributed by atoms with Crippen molar-refractivity contribution >= 4 is 17.7 Å². The lowest BCUT2D eigenvalue weighted by atomic mass is 10.00. The van der Waals surface area contributed by atoms with Crippen molar-refractivity contribution < 1.29 is 24.2 Å². The number of Topliss-reactive ketones (excluding diaryl/α,β-unsaturated/α-hetero) is 1. The van der Waals surface area contributed by atoms with Gasteiger partial charge in [-0.1, -0.05) is 6.92 Å². The molecule has 0 radical (unpaired) electrons. The van der Waals surface area contributed by atoms with E-state index in [-0.39, 0.29) is 18.4 Å². The van der Waals surface area contributed by atoms with Gasteiger partial charge in [-0.05, 0) is 13.8 Å². The zero-order valence-corrected chi connectivity index (χ0v) is 10.8. The minimum atomic E-state index is -1.19. The maximum absolute atomic E-state index is 11.8. The maximum atomic E-state index is 11.8. The first kappa shape index (κ1) is 16.5. The second-order valence-corrected chi connectivity index (χ2v) is 4.17. The molecule has 0 aromatic rings. The van der Waals surface area contributed by atoms with Crippen molar-refractivity contribution in [3.05, 3.63) is 0 Å². The smallest absolute Gasteiger partial charge is 0.329 e. The lowest BCUT2D eigenvalue weighted by Crippen LogP contribution is -2.46. The van der Waals surface area contributed by atoms with Crippen molar-refractivity contribution in [1.29, 1.82) is 0 Å². The van der Waals surface area contributed by atoms with E-state index in [2.05, 4.69) is 5.32 Å². The molecule has 3 atom stereocenters. The molecule has 18 heavy (non-hydrogen) atoms. The van der Waals surface area contributed by atoms with Crippen molar-refractivity contribution in [3.8, 4) is 0 Å². The molecule has 0 aliphatic heterocycles. The summed E-state index contributed by atoms with van der Waals surface area (Å²) < 4.78 is 4.92. The first-order chi connectivity index (χ1) is 8.29. The summed E-state index contributed by atoms with van der Waals surface area (Å²) in [6.07, 6.45) is -1.06. The van der Waals surface area contributed by atoms with Crippen LogP contribution in [0.1, 0.15) is 20.8 Å². The van der Waals surface area contributed by atoms with E-state index in [1.807, 2.05) is 0 Å². The number of hydrogen-bond donors (Lipinski definition) is 3. The second kappa shape index (κ2) is 7.78. The predicted molar refractivity (Wildman–Crippen MR) is 63.9 cm³/mol. The van der Waals surface area contributed by atoms with Crippen molar-refractivity contribution in [2.45, 2.75) is 32.9 Å². The fourth-order valence-corrected chi connectivity index (χ4v) is 1.35. The maximum Gasteiger partial charge on any atom is 0.329 e. The van der Waals surface area contributed by atoms with Gasteiger partial charge >= 0.3 is 5.97 Å². The van der Waals surface area contributed by atoms with E-state index >= 15 is 0 Å². The lowest BCUT2D eigenvalue weighted by molar-refractivity contribution is -0.152. The van der Waals surface area contributed by atoms with E-state index in [0.29, 0.717) is 0 Å². The van der Waals surface area contributed by atoms with Crippen LogP contribution in [0.2, 0.25) is 0 Å². The number of aliphatic carboxylic acids is 1. The summed E-state index contributed by atoms with van der Waals surface area (Å²) in [6.45, 7) is 4.15. The minimum Gasteiger partial charge on any atom is -0.480 e. The lowest BCUT2D eigenvalue weighted by Gasteiger charge is -2.22. The molecule has 0 fully saturated rings. The van der Waals surface area contributed by atoms with E-state index in [9.17, 15) is 14.4 Å². The van der Waals surface area contributed by atoms with Gasteiger partial charge in [0.1, 0.15) is 12.7 Å². The fourth-order valence-electron chi connectivity index (χ4n) is 1.35. The second-order valence-electron chi connectivity index (χ2n) is 4.17. The van der Waals surface area contributed by atoms with Crippen LogP contribution in [0.3, 0.4) is 0 Å². The number of ketones is 1. The molecular weight excluding hydrogens is 240 g/mol. The predicted octanol–water partition coefficient (Wildman–Crippen LogP) is -0.855. The van der Waals surface area contributed by atoms with Crippen molar-refractivity contribution in [2.24, 2.45) is 11.7 Å². The van der Waals surface area contributed by atoms with Gasteiger partial charge in [-0.15, -0.1) is 0 Å². The number of carboxylic acids is 1. The molecule has 0 aliphatic carbocycles. The van der Waals surface area contributed by atoms with Gasteiger partial charge in [0.15, 0.2) is 5.78 Å². The Labute approximate surface area is 106 Å². The summed E-state index contributed by atoms with van der Waals surface area (Å²) in [5.74, 6) is -2.74. The molecular formula is C11H20N2O5. The number of carboxylic acid groups (broad SMARTS) is 1. The van der Waals surface area contributed by atoms with Crippen LogP contribution in [-0.2, 0) is 19.1 Å². The number of rotatable bonds is 8. The van der Waals surface area contributed by atoms with Crippen LogP contribution in [-0.4, -0.2) is 48.1 Å². The molecule has 0 saturated carbocycles. The highest BCUT2D eigenvalue weighted by molar-refractivity contribution is 5.89. The van der Waals surface area contributed by atoms with Crippen molar-refractivity contribution in [2.75, 3.05) is 13.2 Å². The number of amides is 1. The SMILES string of the molecule is CC(=O)C(OCC(=O)O)C(C)C(=O)NC(C)CN. The van der Waals surface area contributed by atoms with Crippen LogP contribution < -0.4 is 11.1 Å². The number of carbonyl (C=O) groups is 3. The molecule has 3 unspecified atom stereocenters. The van der Waals surface area contributed by atoms with Gasteiger partial charge in [-0.2, -0.15) is 0 Å². The van der Waals surface area contributed by atoms with E-state index in [0.717, 1.165) is 0 Å². The monoisotopic (exact) mass is 260 g/mol. The Bertz CT molecular complexity index is 319. The Morgan fingerprint density at radius 3 is 2.28 bits per heavy atom. The third kappa shape index (κ3) is 5.74. The van der Waals surface area contributed by atoms with Crippen LogP contribution in [0.4, 0.5) is 0 Å². The Balaban J connectivity index is 4.55. The summed E-state index contributed by atoms with van der Waals surface area (Å²) in [7, 11) is 0. The summed E-state index contributed by atoms with van der Waals surface area (Å²) in [5.41, 5.74) is 5.36. The summed E-state index contributed by atoms with van der Waals surface area (Å²) >= 11 is 0. The number of nitrogens with one attached hydrogen (secondary N) is 1. The van der Waals surface area contributed by atoms with E-state index < -0.39 is 30.5 Å². The molecule has 4 N–H and O–H groups in total. The minimum absolute atomic E-state index is 0.216. The van der Waals surface area contributed by atoms with Gasteiger partial charge in [0.05, 0.1) is 5.92 Å². The highest BCUT2D eigenvalue weighted by Crippen LogP contribution is 2.09. The van der Waals surface area contributed by atoms with E-state index in [4.69, 9.17) is 15.6 Å². The fraction of sp³-hybridized carbons (Fsp3) is 0.727. The summed E-state index contributed by atoms with van der Waals surface area (Å²) in [4.78, 5) is 33.5. The van der Waals surface area contributed by atoms with Crippen LogP contribution in [0.25, 0.3) is 0 Å². The summed E-state index contributed by atoms with van der Waals surface area (Å²) in [5, 5.41) is 11.1. The molecule has 0 aromatic heterocycles. The normalized spacial score (nSPS) is 15.6. The molecule has 0 bridgehead atoms. The first-order valence-corrected chi connectivity index (χ1v) is 5.63. The van der Waals surface area contributed by atoms with Crippen molar-refractivity contribution in [1.82, 2.24) is 5.32 Å². The number of carbonyl (C=O) groups excluding carboxylic acids is 2. The molecule has 7 nitrogen and oxygen atoms in total. The topological polar surface area (TPSA) is 119 Å². The Morgan fingerprint density at radius 2 is 1.89 bits per heavy atom. The van der Waals surface area contributed by atoms with Gasteiger partial charge < -0.3 is 20.9 Å². The van der Waals surface area contributed by atoms with Gasteiger partial charge in [0.25, 0.3) is 0 Å².